The molecule has 20 heavy (non-hydrogen) atoms. The van der Waals surface area contributed by atoms with E-state index in [0.29, 0.717) is 0 Å². The molecule has 1 rings (SSSR count). The van der Waals surface area contributed by atoms with Gasteiger partial charge in [0.15, 0.2) is 11.5 Å². The second kappa shape index (κ2) is 4.84. The van der Waals surface area contributed by atoms with Gasteiger partial charge in [0.25, 0.3) is 0 Å². The number of esters is 1. The van der Waals surface area contributed by atoms with Gasteiger partial charge < -0.3 is 9.84 Å². The highest BCUT2D eigenvalue weighted by Gasteiger charge is 2.77. The molecule has 0 aliphatic heterocycles. The Balaban J connectivity index is 3.05. The van der Waals surface area contributed by atoms with Gasteiger partial charge in [0.05, 0.1) is 0 Å². The predicted molar refractivity (Wildman–Crippen MR) is 49.7 cm³/mol. The number of halogens is 7. The van der Waals surface area contributed by atoms with E-state index in [1.54, 1.807) is 0 Å². The summed E-state index contributed by atoms with van der Waals surface area (Å²) in [6.07, 6.45) is -6.64. The van der Waals surface area contributed by atoms with Crippen LogP contribution in [0.3, 0.4) is 0 Å². The van der Waals surface area contributed by atoms with E-state index in [2.05, 4.69) is 4.74 Å². The number of carbonyl (C=O) groups excluding carboxylic acids is 1. The monoisotopic (exact) mass is 306 g/mol. The molecule has 0 unspecified atom stereocenters. The van der Waals surface area contributed by atoms with Crippen LogP contribution in [0.5, 0.6) is 11.5 Å². The van der Waals surface area contributed by atoms with Crippen molar-refractivity contribution in [3.63, 3.8) is 0 Å². The van der Waals surface area contributed by atoms with Crippen molar-refractivity contribution in [2.45, 2.75) is 18.0 Å². The van der Waals surface area contributed by atoms with Crippen LogP contribution < -0.4 is 4.74 Å². The van der Waals surface area contributed by atoms with Crippen molar-refractivity contribution in [2.75, 3.05) is 0 Å². The van der Waals surface area contributed by atoms with Crippen molar-refractivity contribution in [1.82, 2.24) is 0 Å². The smallest absolute Gasteiger partial charge is 0.460 e. The number of benzene rings is 1. The lowest BCUT2D eigenvalue weighted by atomic mass is 10.1. The van der Waals surface area contributed by atoms with Crippen LogP contribution in [-0.2, 0) is 4.79 Å². The Bertz CT molecular complexity index is 510. The maximum Gasteiger partial charge on any atom is 0.460 e. The first kappa shape index (κ1) is 16.1. The van der Waals surface area contributed by atoms with Crippen molar-refractivity contribution < 1.29 is 45.4 Å². The summed E-state index contributed by atoms with van der Waals surface area (Å²) in [5, 5.41) is 9.06. The van der Waals surface area contributed by atoms with E-state index in [9.17, 15) is 35.5 Å². The van der Waals surface area contributed by atoms with Crippen molar-refractivity contribution >= 4 is 5.97 Å². The standard InChI is InChI=1S/C10H5F7O3/c11-8(12,9(13,14)10(15,16)17)7(19)20-6-4-2-1-3-5(6)18/h1-4,18H. The van der Waals surface area contributed by atoms with Gasteiger partial charge in [0, 0.05) is 0 Å². The van der Waals surface area contributed by atoms with Gasteiger partial charge in [-0.2, -0.15) is 30.7 Å². The third kappa shape index (κ3) is 2.63. The molecule has 0 fully saturated rings. The van der Waals surface area contributed by atoms with Gasteiger partial charge in [0.2, 0.25) is 0 Å². The molecule has 10 heteroatoms. The van der Waals surface area contributed by atoms with Crippen LogP contribution in [-0.4, -0.2) is 29.1 Å². The topological polar surface area (TPSA) is 46.5 Å². The second-order valence-corrected chi connectivity index (χ2v) is 3.50. The number of para-hydroxylation sites is 2. The number of phenols is 1. The minimum atomic E-state index is -6.64. The predicted octanol–water partition coefficient (Wildman–Crippen LogP) is 3.13. The normalized spacial score (nSPS) is 13.2. The number of aromatic hydroxyl groups is 1. The molecule has 0 bridgehead atoms. The highest BCUT2D eigenvalue weighted by molar-refractivity contribution is 5.81. The molecular weight excluding hydrogens is 301 g/mol. The lowest BCUT2D eigenvalue weighted by molar-refractivity contribution is -0.346. The quantitative estimate of drug-likeness (QED) is 0.530. The molecule has 0 saturated carbocycles. The van der Waals surface area contributed by atoms with Crippen LogP contribution in [0.2, 0.25) is 0 Å². The molecule has 0 saturated heterocycles. The van der Waals surface area contributed by atoms with Crippen LogP contribution >= 0.6 is 0 Å². The summed E-state index contributed by atoms with van der Waals surface area (Å²) in [4.78, 5) is 10.8. The Labute approximate surface area is 106 Å². The zero-order chi connectivity index (χ0) is 15.8. The molecule has 0 aromatic heterocycles. The minimum absolute atomic E-state index is 0.731. The fourth-order valence-corrected chi connectivity index (χ4v) is 1.01. The summed E-state index contributed by atoms with van der Waals surface area (Å²) in [6, 6.07) is 3.83. The highest BCUT2D eigenvalue weighted by Crippen LogP contribution is 2.47. The number of hydrogen-bond donors (Lipinski definition) is 1. The minimum Gasteiger partial charge on any atom is -0.504 e. The highest BCUT2D eigenvalue weighted by atomic mass is 19.4. The summed E-state index contributed by atoms with van der Waals surface area (Å²) in [5.41, 5.74) is 0. The van der Waals surface area contributed by atoms with Gasteiger partial charge in [0.1, 0.15) is 0 Å². The van der Waals surface area contributed by atoms with E-state index in [4.69, 9.17) is 5.11 Å². The number of carbonyl (C=O) groups is 1. The molecule has 0 spiro atoms. The Hall–Kier alpha value is -2.00. The van der Waals surface area contributed by atoms with Crippen LogP contribution in [0, 0.1) is 0 Å². The van der Waals surface area contributed by atoms with Crippen molar-refractivity contribution in [2.24, 2.45) is 0 Å². The fraction of sp³-hybridized carbons (Fsp3) is 0.300. The van der Waals surface area contributed by atoms with Crippen LogP contribution in [0.25, 0.3) is 0 Å². The Morgan fingerprint density at radius 1 is 1.00 bits per heavy atom. The van der Waals surface area contributed by atoms with E-state index in [1.807, 2.05) is 0 Å². The maximum absolute atomic E-state index is 12.9. The Kier molecular flexibility index (Phi) is 3.88. The number of alkyl halides is 7. The van der Waals surface area contributed by atoms with Gasteiger partial charge in [-0.3, -0.25) is 0 Å². The SMILES string of the molecule is O=C(Oc1ccccc1O)C(F)(F)C(F)(F)C(F)(F)F. The molecule has 112 valence electrons. The molecule has 3 nitrogen and oxygen atoms in total. The second-order valence-electron chi connectivity index (χ2n) is 3.50. The number of phenolic OH excluding ortho intramolecular Hbond substituents is 1. The zero-order valence-corrected chi connectivity index (χ0v) is 9.22. The molecule has 0 atom stereocenters. The number of hydrogen-bond acceptors (Lipinski definition) is 3. The first-order chi connectivity index (χ1) is 8.91. The third-order valence-electron chi connectivity index (χ3n) is 2.07. The molecule has 1 aromatic carbocycles. The summed E-state index contributed by atoms with van der Waals surface area (Å²) in [5.74, 6) is -17.8. The largest absolute Gasteiger partial charge is 0.504 e. The van der Waals surface area contributed by atoms with Crippen molar-refractivity contribution in [3.05, 3.63) is 24.3 Å². The van der Waals surface area contributed by atoms with Crippen LogP contribution in [0.1, 0.15) is 0 Å². The number of ether oxygens (including phenoxy) is 1. The van der Waals surface area contributed by atoms with Crippen LogP contribution in [0.4, 0.5) is 30.7 Å². The lowest BCUT2D eigenvalue weighted by Gasteiger charge is -2.26. The van der Waals surface area contributed by atoms with Crippen molar-refractivity contribution in [3.8, 4) is 11.5 Å². The van der Waals surface area contributed by atoms with E-state index in [-0.39, 0.29) is 0 Å². The average molecular weight is 306 g/mol. The van der Waals surface area contributed by atoms with E-state index < -0.39 is 35.5 Å². The maximum atomic E-state index is 12.9. The van der Waals surface area contributed by atoms with Crippen LogP contribution in [0.15, 0.2) is 24.3 Å². The average Bonchev–Trinajstić information content (AvgIpc) is 2.30. The summed E-state index contributed by atoms with van der Waals surface area (Å²) in [7, 11) is 0. The third-order valence-corrected chi connectivity index (χ3v) is 2.07. The van der Waals surface area contributed by atoms with Crippen molar-refractivity contribution in [1.29, 1.82) is 0 Å². The molecule has 0 aliphatic rings. The van der Waals surface area contributed by atoms with Gasteiger partial charge in [-0.05, 0) is 12.1 Å². The molecule has 0 heterocycles. The molecule has 0 radical (unpaired) electrons. The number of rotatable bonds is 3. The summed E-state index contributed by atoms with van der Waals surface area (Å²) in [6.45, 7) is 0. The van der Waals surface area contributed by atoms with Gasteiger partial charge in [-0.1, -0.05) is 12.1 Å². The lowest BCUT2D eigenvalue weighted by Crippen LogP contribution is -2.57. The van der Waals surface area contributed by atoms with Gasteiger partial charge in [-0.25, -0.2) is 4.79 Å². The zero-order valence-electron chi connectivity index (χ0n) is 9.22. The molecule has 1 N–H and O–H groups in total. The Morgan fingerprint density at radius 2 is 1.50 bits per heavy atom. The first-order valence-electron chi connectivity index (χ1n) is 4.74. The van der Waals surface area contributed by atoms with E-state index >= 15 is 0 Å². The van der Waals surface area contributed by atoms with Gasteiger partial charge >= 0.3 is 24.0 Å². The first-order valence-corrected chi connectivity index (χ1v) is 4.74. The van der Waals surface area contributed by atoms with E-state index in [1.165, 1.54) is 6.07 Å². The molecule has 0 aliphatic carbocycles. The van der Waals surface area contributed by atoms with E-state index in [0.717, 1.165) is 18.2 Å². The fourth-order valence-electron chi connectivity index (χ4n) is 1.01. The molecular formula is C10H5F7O3. The summed E-state index contributed by atoms with van der Waals surface area (Å²) >= 11 is 0. The molecule has 0 amide bonds. The van der Waals surface area contributed by atoms with Gasteiger partial charge in [-0.15, -0.1) is 0 Å². The Morgan fingerprint density at radius 3 is 1.95 bits per heavy atom. The summed E-state index contributed by atoms with van der Waals surface area (Å²) < 4.78 is 89.9. The molecule has 1 aromatic rings.